The second-order valence-corrected chi connectivity index (χ2v) is 16.6. The normalized spacial score (nSPS) is 12.9. The molecule has 2 N–H and O–H groups in total. The van der Waals surface area contributed by atoms with E-state index in [4.69, 9.17) is 13.9 Å². The van der Waals surface area contributed by atoms with Crippen molar-refractivity contribution in [1.29, 1.82) is 0 Å². The average molecular weight is 641 g/mol. The molecule has 0 saturated heterocycles. The SMILES string of the molecule is CC(CO[Si](c1ccccc1)(c1ccccc1)C(C)(C)C)[C@@H](CO)N(NC(=O)OCc1ccccc1)C(=O)OCc1ccccc1. The van der Waals surface area contributed by atoms with Crippen molar-refractivity contribution < 1.29 is 28.6 Å². The highest BCUT2D eigenvalue weighted by Crippen LogP contribution is 2.37. The summed E-state index contributed by atoms with van der Waals surface area (Å²) in [5, 5.41) is 13.6. The number of rotatable bonds is 12. The van der Waals surface area contributed by atoms with E-state index in [1.54, 1.807) is 0 Å². The Bertz CT molecular complexity index is 1460. The van der Waals surface area contributed by atoms with Gasteiger partial charge in [0.15, 0.2) is 0 Å². The van der Waals surface area contributed by atoms with Crippen LogP contribution in [0.2, 0.25) is 5.04 Å². The maximum atomic E-state index is 13.5. The Morgan fingerprint density at radius 3 is 1.61 bits per heavy atom. The molecule has 4 aromatic carbocycles. The molecule has 4 rings (SSSR count). The molecule has 9 heteroatoms. The Balaban J connectivity index is 1.59. The van der Waals surface area contributed by atoms with Crippen LogP contribution < -0.4 is 15.8 Å². The maximum Gasteiger partial charge on any atom is 0.429 e. The highest BCUT2D eigenvalue weighted by atomic mass is 28.4. The number of hydrazine groups is 1. The topological polar surface area (TPSA) is 97.3 Å². The molecule has 0 aliphatic rings. The van der Waals surface area contributed by atoms with Gasteiger partial charge in [-0.3, -0.25) is 0 Å². The summed E-state index contributed by atoms with van der Waals surface area (Å²) in [5.74, 6) is -0.426. The van der Waals surface area contributed by atoms with Gasteiger partial charge in [0.1, 0.15) is 13.2 Å². The Kier molecular flexibility index (Phi) is 12.1. The summed E-state index contributed by atoms with van der Waals surface area (Å²) < 4.78 is 18.1. The number of aliphatic hydroxyl groups is 1. The zero-order valence-electron chi connectivity index (χ0n) is 27.0. The summed E-state index contributed by atoms with van der Waals surface area (Å²) in [6.45, 7) is 8.18. The zero-order valence-corrected chi connectivity index (χ0v) is 28.0. The van der Waals surface area contributed by atoms with Crippen molar-refractivity contribution in [3.05, 3.63) is 132 Å². The van der Waals surface area contributed by atoms with E-state index < -0.39 is 39.1 Å². The van der Waals surface area contributed by atoms with Crippen molar-refractivity contribution in [2.24, 2.45) is 5.92 Å². The third-order valence-corrected chi connectivity index (χ3v) is 13.0. The Hall–Kier alpha value is -4.44. The van der Waals surface area contributed by atoms with E-state index in [-0.39, 0.29) is 24.9 Å². The fourth-order valence-corrected chi connectivity index (χ4v) is 10.2. The molecule has 0 radical (unpaired) electrons. The molecular formula is C37H44N2O6Si. The van der Waals surface area contributed by atoms with Crippen LogP contribution in [0.3, 0.4) is 0 Å². The lowest BCUT2D eigenvalue weighted by atomic mass is 10.0. The summed E-state index contributed by atoms with van der Waals surface area (Å²) in [7, 11) is -2.90. The van der Waals surface area contributed by atoms with Crippen LogP contribution in [0, 0.1) is 5.92 Å². The van der Waals surface area contributed by atoms with Crippen LogP contribution in [0.25, 0.3) is 0 Å². The molecule has 46 heavy (non-hydrogen) atoms. The number of benzene rings is 4. The minimum absolute atomic E-state index is 0.00981. The fraction of sp³-hybridized carbons (Fsp3) is 0.297. The van der Waals surface area contributed by atoms with Gasteiger partial charge in [0.05, 0.1) is 12.6 Å². The fourth-order valence-electron chi connectivity index (χ4n) is 5.55. The van der Waals surface area contributed by atoms with E-state index >= 15 is 0 Å². The third kappa shape index (κ3) is 8.63. The number of nitrogens with one attached hydrogen (secondary N) is 1. The standard InChI is InChI=1S/C37H44N2O6Si/c1-29(26-45-46(37(2,3)4,32-21-13-7-14-22-32)33-23-15-8-16-24-33)34(25-40)39(36(42)44-28-31-19-11-6-12-20-31)38-35(41)43-27-30-17-9-5-10-18-30/h5-24,29,34,40H,25-28H2,1-4H3,(H,38,41)/t29?,34-/m1/s1. The van der Waals surface area contributed by atoms with Crippen LogP contribution in [-0.4, -0.2) is 49.9 Å². The first kappa shape index (κ1) is 34.4. The van der Waals surface area contributed by atoms with Gasteiger partial charge in [0, 0.05) is 12.5 Å². The highest BCUT2D eigenvalue weighted by molar-refractivity contribution is 6.99. The summed E-state index contributed by atoms with van der Waals surface area (Å²) in [5.41, 5.74) is 4.12. The number of aliphatic hydroxyl groups excluding tert-OH is 1. The summed E-state index contributed by atoms with van der Waals surface area (Å²) in [4.78, 5) is 26.5. The van der Waals surface area contributed by atoms with E-state index in [0.717, 1.165) is 26.5 Å². The van der Waals surface area contributed by atoms with E-state index in [0.29, 0.717) is 0 Å². The second-order valence-electron chi connectivity index (χ2n) is 12.3. The predicted octanol–water partition coefficient (Wildman–Crippen LogP) is 6.04. The number of nitrogens with zero attached hydrogens (tertiary/aromatic N) is 1. The third-order valence-electron chi connectivity index (χ3n) is 7.98. The molecule has 0 bridgehead atoms. The molecule has 0 spiro atoms. The highest BCUT2D eigenvalue weighted by Gasteiger charge is 2.50. The molecular weight excluding hydrogens is 597 g/mol. The number of carbonyl (C=O) groups excluding carboxylic acids is 2. The van der Waals surface area contributed by atoms with Gasteiger partial charge in [0.25, 0.3) is 8.32 Å². The lowest BCUT2D eigenvalue weighted by Gasteiger charge is -2.44. The number of hydrogen-bond donors (Lipinski definition) is 2. The molecule has 0 heterocycles. The number of carbonyl (C=O) groups is 2. The molecule has 0 aliphatic heterocycles. The Morgan fingerprint density at radius 2 is 1.17 bits per heavy atom. The Morgan fingerprint density at radius 1 is 0.739 bits per heavy atom. The van der Waals surface area contributed by atoms with Crippen molar-refractivity contribution in [3.8, 4) is 0 Å². The zero-order chi connectivity index (χ0) is 33.0. The van der Waals surface area contributed by atoms with E-state index in [9.17, 15) is 14.7 Å². The van der Waals surface area contributed by atoms with Crippen LogP contribution in [0.1, 0.15) is 38.8 Å². The van der Waals surface area contributed by atoms with Gasteiger partial charge in [-0.2, -0.15) is 0 Å². The summed E-state index contributed by atoms with van der Waals surface area (Å²) in [6, 6.07) is 38.1. The van der Waals surface area contributed by atoms with Gasteiger partial charge in [0.2, 0.25) is 0 Å². The molecule has 0 aliphatic carbocycles. The lowest BCUT2D eigenvalue weighted by molar-refractivity contribution is 0.00975. The summed E-state index contributed by atoms with van der Waals surface area (Å²) in [6.07, 6.45) is -1.67. The van der Waals surface area contributed by atoms with Gasteiger partial charge in [-0.1, -0.05) is 149 Å². The predicted molar refractivity (Wildman–Crippen MR) is 182 cm³/mol. The molecule has 1 unspecified atom stereocenters. The monoisotopic (exact) mass is 640 g/mol. The molecule has 8 nitrogen and oxygen atoms in total. The number of ether oxygens (including phenoxy) is 2. The van der Waals surface area contributed by atoms with Crippen LogP contribution in [-0.2, 0) is 27.1 Å². The van der Waals surface area contributed by atoms with Crippen LogP contribution >= 0.6 is 0 Å². The first-order valence-electron chi connectivity index (χ1n) is 15.5. The van der Waals surface area contributed by atoms with Crippen molar-refractivity contribution in [2.45, 2.75) is 52.0 Å². The maximum absolute atomic E-state index is 13.5. The molecule has 0 saturated carbocycles. The van der Waals surface area contributed by atoms with Crippen LogP contribution in [0.15, 0.2) is 121 Å². The molecule has 0 fully saturated rings. The number of hydrogen-bond acceptors (Lipinski definition) is 6. The van der Waals surface area contributed by atoms with E-state index in [1.807, 2.05) is 104 Å². The summed E-state index contributed by atoms with van der Waals surface area (Å²) >= 11 is 0. The van der Waals surface area contributed by atoms with E-state index in [1.165, 1.54) is 0 Å². The molecule has 2 amide bonds. The van der Waals surface area contributed by atoms with Crippen molar-refractivity contribution in [3.63, 3.8) is 0 Å². The van der Waals surface area contributed by atoms with Crippen molar-refractivity contribution in [2.75, 3.05) is 13.2 Å². The quantitative estimate of drug-likeness (QED) is 0.145. The van der Waals surface area contributed by atoms with Gasteiger partial charge < -0.3 is 19.0 Å². The molecule has 4 aromatic rings. The van der Waals surface area contributed by atoms with Gasteiger partial charge >= 0.3 is 12.2 Å². The first-order chi connectivity index (χ1) is 22.2. The van der Waals surface area contributed by atoms with Gasteiger partial charge in [-0.25, -0.2) is 20.0 Å². The molecule has 2 atom stereocenters. The first-order valence-corrected chi connectivity index (χ1v) is 17.4. The minimum atomic E-state index is -2.90. The largest absolute Gasteiger partial charge is 0.443 e. The van der Waals surface area contributed by atoms with Gasteiger partial charge in [-0.15, -0.1) is 0 Å². The van der Waals surface area contributed by atoms with Crippen LogP contribution in [0.5, 0.6) is 0 Å². The smallest absolute Gasteiger partial charge is 0.429 e. The van der Waals surface area contributed by atoms with Crippen molar-refractivity contribution in [1.82, 2.24) is 10.4 Å². The van der Waals surface area contributed by atoms with E-state index in [2.05, 4.69) is 50.5 Å². The average Bonchev–Trinajstić information content (AvgIpc) is 3.07. The number of amides is 2. The Labute approximate surface area is 273 Å². The second kappa shape index (κ2) is 16.2. The molecule has 242 valence electrons. The lowest BCUT2D eigenvalue weighted by Crippen LogP contribution is -2.67. The van der Waals surface area contributed by atoms with Crippen molar-refractivity contribution >= 4 is 30.9 Å². The minimum Gasteiger partial charge on any atom is -0.443 e. The van der Waals surface area contributed by atoms with Crippen LogP contribution in [0.4, 0.5) is 9.59 Å². The van der Waals surface area contributed by atoms with Gasteiger partial charge in [-0.05, 0) is 26.5 Å². The molecule has 0 aromatic heterocycles.